The molecule has 0 radical (unpaired) electrons. The Labute approximate surface area is 91.5 Å². The summed E-state index contributed by atoms with van der Waals surface area (Å²) in [4.78, 5) is 14.2. The van der Waals surface area contributed by atoms with E-state index in [9.17, 15) is 4.79 Å². The second-order valence-electron chi connectivity index (χ2n) is 4.81. The average Bonchev–Trinajstić information content (AvgIpc) is 2.14. The van der Waals surface area contributed by atoms with Crippen LogP contribution < -0.4 is 5.32 Å². The minimum Gasteiger partial charge on any atom is -0.338 e. The second-order valence-corrected chi connectivity index (χ2v) is 4.81. The predicted molar refractivity (Wildman–Crippen MR) is 60.5 cm³/mol. The van der Waals surface area contributed by atoms with Gasteiger partial charge in [-0.05, 0) is 32.4 Å². The van der Waals surface area contributed by atoms with Crippen LogP contribution in [0.15, 0.2) is 11.6 Å². The SMILES string of the molecule is CC1=CCCN(C(=O)C(C)C2CNC2)C1. The summed E-state index contributed by atoms with van der Waals surface area (Å²) >= 11 is 0. The van der Waals surface area contributed by atoms with E-state index in [-0.39, 0.29) is 5.92 Å². The minimum absolute atomic E-state index is 0.192. The van der Waals surface area contributed by atoms with Crippen LogP contribution in [0.5, 0.6) is 0 Å². The molecule has 84 valence electrons. The molecule has 1 fully saturated rings. The van der Waals surface area contributed by atoms with Crippen LogP contribution in [0.2, 0.25) is 0 Å². The zero-order valence-electron chi connectivity index (χ0n) is 9.62. The van der Waals surface area contributed by atoms with Gasteiger partial charge in [0, 0.05) is 19.0 Å². The molecule has 3 nitrogen and oxygen atoms in total. The Hall–Kier alpha value is -0.830. The smallest absolute Gasteiger partial charge is 0.226 e. The number of carbonyl (C=O) groups excluding carboxylic acids is 1. The normalized spacial score (nSPS) is 24.4. The maximum absolute atomic E-state index is 12.1. The first kappa shape index (κ1) is 10.7. The van der Waals surface area contributed by atoms with E-state index in [1.165, 1.54) is 5.57 Å². The molecule has 1 saturated heterocycles. The summed E-state index contributed by atoms with van der Waals surface area (Å²) in [5.74, 6) is 1.09. The molecule has 15 heavy (non-hydrogen) atoms. The van der Waals surface area contributed by atoms with Crippen molar-refractivity contribution in [1.82, 2.24) is 10.2 Å². The van der Waals surface area contributed by atoms with Crippen molar-refractivity contribution in [3.05, 3.63) is 11.6 Å². The van der Waals surface area contributed by atoms with E-state index in [1.807, 2.05) is 4.90 Å². The lowest BCUT2D eigenvalue weighted by Gasteiger charge is -2.36. The number of carbonyl (C=O) groups is 1. The summed E-state index contributed by atoms with van der Waals surface area (Å²) in [6.45, 7) is 7.94. The van der Waals surface area contributed by atoms with Crippen molar-refractivity contribution in [3.63, 3.8) is 0 Å². The maximum Gasteiger partial charge on any atom is 0.226 e. The fourth-order valence-electron chi connectivity index (χ4n) is 2.25. The van der Waals surface area contributed by atoms with Crippen LogP contribution in [0.1, 0.15) is 20.3 Å². The minimum atomic E-state index is 0.192. The summed E-state index contributed by atoms with van der Waals surface area (Å²) in [6.07, 6.45) is 3.26. The number of nitrogens with one attached hydrogen (secondary N) is 1. The summed E-state index contributed by atoms with van der Waals surface area (Å²) in [7, 11) is 0. The standard InChI is InChI=1S/C12H20N2O/c1-9-4-3-5-14(8-9)12(15)10(2)11-6-13-7-11/h4,10-11,13H,3,5-8H2,1-2H3. The lowest BCUT2D eigenvalue weighted by Crippen LogP contribution is -2.51. The van der Waals surface area contributed by atoms with Crippen molar-refractivity contribution in [1.29, 1.82) is 0 Å². The topological polar surface area (TPSA) is 32.3 Å². The van der Waals surface area contributed by atoms with Gasteiger partial charge in [0.15, 0.2) is 0 Å². The van der Waals surface area contributed by atoms with Gasteiger partial charge in [0.2, 0.25) is 5.91 Å². The van der Waals surface area contributed by atoms with Crippen LogP contribution in [0.3, 0.4) is 0 Å². The molecular formula is C12H20N2O. The van der Waals surface area contributed by atoms with Crippen LogP contribution in [-0.2, 0) is 4.79 Å². The van der Waals surface area contributed by atoms with Gasteiger partial charge >= 0.3 is 0 Å². The molecule has 0 spiro atoms. The molecule has 2 heterocycles. The van der Waals surface area contributed by atoms with Gasteiger partial charge in [-0.15, -0.1) is 0 Å². The zero-order chi connectivity index (χ0) is 10.8. The quantitative estimate of drug-likeness (QED) is 0.687. The van der Waals surface area contributed by atoms with Gasteiger partial charge in [-0.1, -0.05) is 18.6 Å². The molecule has 1 atom stereocenters. The number of hydrogen-bond donors (Lipinski definition) is 1. The van der Waals surface area contributed by atoms with Crippen molar-refractivity contribution in [2.75, 3.05) is 26.2 Å². The first-order chi connectivity index (χ1) is 7.18. The van der Waals surface area contributed by atoms with Crippen molar-refractivity contribution in [3.8, 4) is 0 Å². The molecular weight excluding hydrogens is 188 g/mol. The van der Waals surface area contributed by atoms with E-state index in [0.717, 1.165) is 32.6 Å². The van der Waals surface area contributed by atoms with Crippen LogP contribution in [0.25, 0.3) is 0 Å². The van der Waals surface area contributed by atoms with Crippen molar-refractivity contribution < 1.29 is 4.79 Å². The highest BCUT2D eigenvalue weighted by Crippen LogP contribution is 2.20. The number of rotatable bonds is 2. The summed E-state index contributed by atoms with van der Waals surface area (Å²) in [5, 5.41) is 3.23. The molecule has 1 unspecified atom stereocenters. The Bertz CT molecular complexity index is 281. The Morgan fingerprint density at radius 1 is 1.60 bits per heavy atom. The van der Waals surface area contributed by atoms with Crippen LogP contribution in [0, 0.1) is 11.8 Å². The maximum atomic E-state index is 12.1. The number of hydrogen-bond acceptors (Lipinski definition) is 2. The fourth-order valence-corrected chi connectivity index (χ4v) is 2.25. The molecule has 2 rings (SSSR count). The molecule has 0 aromatic carbocycles. The third-order valence-electron chi connectivity index (χ3n) is 3.55. The van der Waals surface area contributed by atoms with E-state index in [2.05, 4.69) is 25.2 Å². The van der Waals surface area contributed by atoms with Gasteiger partial charge in [0.1, 0.15) is 0 Å². The Balaban J connectivity index is 1.92. The van der Waals surface area contributed by atoms with Crippen LogP contribution in [0.4, 0.5) is 0 Å². The Morgan fingerprint density at radius 2 is 2.33 bits per heavy atom. The highest BCUT2D eigenvalue weighted by Gasteiger charge is 2.31. The summed E-state index contributed by atoms with van der Waals surface area (Å²) in [5.41, 5.74) is 1.33. The number of amides is 1. The average molecular weight is 208 g/mol. The van der Waals surface area contributed by atoms with Gasteiger partial charge in [-0.2, -0.15) is 0 Å². The molecule has 2 aliphatic rings. The van der Waals surface area contributed by atoms with Gasteiger partial charge in [-0.3, -0.25) is 4.79 Å². The molecule has 0 bridgehead atoms. The molecule has 2 aliphatic heterocycles. The lowest BCUT2D eigenvalue weighted by molar-refractivity contribution is -0.137. The molecule has 1 amide bonds. The summed E-state index contributed by atoms with van der Waals surface area (Å²) in [6, 6.07) is 0. The largest absolute Gasteiger partial charge is 0.338 e. The third kappa shape index (κ3) is 2.23. The van der Waals surface area contributed by atoms with E-state index < -0.39 is 0 Å². The molecule has 3 heteroatoms. The van der Waals surface area contributed by atoms with Crippen LogP contribution in [-0.4, -0.2) is 37.0 Å². The monoisotopic (exact) mass is 208 g/mol. The summed E-state index contributed by atoms with van der Waals surface area (Å²) < 4.78 is 0. The zero-order valence-corrected chi connectivity index (χ0v) is 9.62. The van der Waals surface area contributed by atoms with Gasteiger partial charge in [-0.25, -0.2) is 0 Å². The molecule has 0 aromatic heterocycles. The van der Waals surface area contributed by atoms with Crippen molar-refractivity contribution >= 4 is 5.91 Å². The van der Waals surface area contributed by atoms with Gasteiger partial charge in [0.05, 0.1) is 0 Å². The lowest BCUT2D eigenvalue weighted by atomic mass is 9.87. The molecule has 0 saturated carbocycles. The Morgan fingerprint density at radius 3 is 2.87 bits per heavy atom. The van der Waals surface area contributed by atoms with E-state index in [1.54, 1.807) is 0 Å². The van der Waals surface area contributed by atoms with E-state index >= 15 is 0 Å². The van der Waals surface area contributed by atoms with E-state index in [0.29, 0.717) is 11.8 Å². The van der Waals surface area contributed by atoms with Crippen molar-refractivity contribution in [2.45, 2.75) is 20.3 Å². The third-order valence-corrected chi connectivity index (χ3v) is 3.55. The second kappa shape index (κ2) is 4.35. The van der Waals surface area contributed by atoms with E-state index in [4.69, 9.17) is 0 Å². The Kier molecular flexibility index (Phi) is 3.10. The fraction of sp³-hybridized carbons (Fsp3) is 0.750. The van der Waals surface area contributed by atoms with Gasteiger partial charge in [0.25, 0.3) is 0 Å². The highest BCUT2D eigenvalue weighted by molar-refractivity contribution is 5.79. The van der Waals surface area contributed by atoms with Gasteiger partial charge < -0.3 is 10.2 Å². The first-order valence-corrected chi connectivity index (χ1v) is 5.83. The molecule has 0 aliphatic carbocycles. The number of nitrogens with zero attached hydrogens (tertiary/aromatic N) is 1. The molecule has 1 N–H and O–H groups in total. The molecule has 0 aromatic rings. The van der Waals surface area contributed by atoms with Crippen LogP contribution >= 0.6 is 0 Å². The predicted octanol–water partition coefficient (Wildman–Crippen LogP) is 1.02. The highest BCUT2D eigenvalue weighted by atomic mass is 16.2. The first-order valence-electron chi connectivity index (χ1n) is 5.83. The van der Waals surface area contributed by atoms with Crippen molar-refractivity contribution in [2.24, 2.45) is 11.8 Å².